The number of rotatable bonds is 7. The zero-order chi connectivity index (χ0) is 11.1. The number of carbonyl (C=O) groups is 1. The lowest BCUT2D eigenvalue weighted by molar-refractivity contribution is -0.127. The standard InChI is InChI=1S/C11H21NO3/c1-15-6-4-2-3-5-12-8-10(9-13)7-11(12)14/h10,13H,2-9H2,1H3. The maximum atomic E-state index is 11.5. The molecule has 1 saturated heterocycles. The molecule has 4 heteroatoms. The zero-order valence-electron chi connectivity index (χ0n) is 9.45. The summed E-state index contributed by atoms with van der Waals surface area (Å²) in [4.78, 5) is 13.3. The van der Waals surface area contributed by atoms with Crippen molar-refractivity contribution in [2.75, 3.05) is 33.4 Å². The third kappa shape index (κ3) is 4.18. The fraction of sp³-hybridized carbons (Fsp3) is 0.909. The van der Waals surface area contributed by atoms with Gasteiger partial charge in [-0.1, -0.05) is 0 Å². The molecule has 0 aromatic carbocycles. The molecule has 1 heterocycles. The van der Waals surface area contributed by atoms with Crippen LogP contribution in [0, 0.1) is 5.92 Å². The Morgan fingerprint density at radius 3 is 2.87 bits per heavy atom. The van der Waals surface area contributed by atoms with E-state index in [1.165, 1.54) is 0 Å². The van der Waals surface area contributed by atoms with Crippen molar-refractivity contribution in [2.24, 2.45) is 5.92 Å². The lowest BCUT2D eigenvalue weighted by Crippen LogP contribution is -2.26. The van der Waals surface area contributed by atoms with Crippen molar-refractivity contribution in [3.63, 3.8) is 0 Å². The smallest absolute Gasteiger partial charge is 0.223 e. The van der Waals surface area contributed by atoms with Crippen molar-refractivity contribution in [3.05, 3.63) is 0 Å². The molecule has 0 aliphatic carbocycles. The minimum Gasteiger partial charge on any atom is -0.396 e. The second-order valence-corrected chi connectivity index (χ2v) is 4.15. The van der Waals surface area contributed by atoms with Gasteiger partial charge in [-0.3, -0.25) is 4.79 Å². The topological polar surface area (TPSA) is 49.8 Å². The minimum atomic E-state index is 0.131. The molecule has 1 N–H and O–H groups in total. The van der Waals surface area contributed by atoms with Crippen molar-refractivity contribution in [1.29, 1.82) is 0 Å². The molecule has 0 saturated carbocycles. The first-order valence-corrected chi connectivity index (χ1v) is 5.65. The number of aliphatic hydroxyl groups is 1. The van der Waals surface area contributed by atoms with Crippen LogP contribution < -0.4 is 0 Å². The van der Waals surface area contributed by atoms with Gasteiger partial charge in [-0.05, 0) is 19.3 Å². The summed E-state index contributed by atoms with van der Waals surface area (Å²) in [6, 6.07) is 0. The number of amides is 1. The Balaban J connectivity index is 2.08. The van der Waals surface area contributed by atoms with Crippen LogP contribution in [0.1, 0.15) is 25.7 Å². The highest BCUT2D eigenvalue weighted by molar-refractivity contribution is 5.78. The number of hydrogen-bond acceptors (Lipinski definition) is 3. The molecular weight excluding hydrogens is 194 g/mol. The van der Waals surface area contributed by atoms with Crippen molar-refractivity contribution in [1.82, 2.24) is 4.90 Å². The summed E-state index contributed by atoms with van der Waals surface area (Å²) in [7, 11) is 1.70. The second kappa shape index (κ2) is 6.80. The molecule has 4 nitrogen and oxygen atoms in total. The molecule has 1 rings (SSSR count). The van der Waals surface area contributed by atoms with E-state index in [9.17, 15) is 4.79 Å². The van der Waals surface area contributed by atoms with E-state index in [1.54, 1.807) is 7.11 Å². The SMILES string of the molecule is COCCCCCN1CC(CO)CC1=O. The highest BCUT2D eigenvalue weighted by atomic mass is 16.5. The molecule has 1 fully saturated rings. The molecule has 1 aliphatic rings. The van der Waals surface area contributed by atoms with Crippen LogP contribution in [0.3, 0.4) is 0 Å². The molecule has 88 valence electrons. The van der Waals surface area contributed by atoms with Crippen LogP contribution in [-0.2, 0) is 9.53 Å². The Kier molecular flexibility index (Phi) is 5.65. The van der Waals surface area contributed by atoms with E-state index in [-0.39, 0.29) is 18.4 Å². The average molecular weight is 215 g/mol. The van der Waals surface area contributed by atoms with Crippen LogP contribution >= 0.6 is 0 Å². The predicted molar refractivity (Wildman–Crippen MR) is 57.5 cm³/mol. The number of unbranched alkanes of at least 4 members (excludes halogenated alkanes) is 2. The number of ether oxygens (including phenoxy) is 1. The number of methoxy groups -OCH3 is 1. The summed E-state index contributed by atoms with van der Waals surface area (Å²) >= 11 is 0. The number of nitrogens with zero attached hydrogens (tertiary/aromatic N) is 1. The Bertz CT molecular complexity index is 196. The van der Waals surface area contributed by atoms with Gasteiger partial charge in [-0.25, -0.2) is 0 Å². The van der Waals surface area contributed by atoms with Gasteiger partial charge in [-0.15, -0.1) is 0 Å². The van der Waals surface area contributed by atoms with Crippen LogP contribution in [0.4, 0.5) is 0 Å². The van der Waals surface area contributed by atoms with Gasteiger partial charge in [0.1, 0.15) is 0 Å². The number of hydrogen-bond donors (Lipinski definition) is 1. The van der Waals surface area contributed by atoms with Gasteiger partial charge in [-0.2, -0.15) is 0 Å². The Morgan fingerprint density at radius 1 is 1.47 bits per heavy atom. The summed E-state index contributed by atoms with van der Waals surface area (Å²) in [5.41, 5.74) is 0. The number of carbonyl (C=O) groups excluding carboxylic acids is 1. The minimum absolute atomic E-state index is 0.131. The van der Waals surface area contributed by atoms with E-state index < -0.39 is 0 Å². The van der Waals surface area contributed by atoms with Crippen LogP contribution in [0.15, 0.2) is 0 Å². The molecule has 0 aromatic rings. The second-order valence-electron chi connectivity index (χ2n) is 4.15. The molecule has 15 heavy (non-hydrogen) atoms. The van der Waals surface area contributed by atoms with Crippen molar-refractivity contribution >= 4 is 5.91 Å². The largest absolute Gasteiger partial charge is 0.396 e. The van der Waals surface area contributed by atoms with E-state index >= 15 is 0 Å². The molecule has 1 amide bonds. The summed E-state index contributed by atoms with van der Waals surface area (Å²) in [5.74, 6) is 0.359. The van der Waals surface area contributed by atoms with Gasteiger partial charge in [0.15, 0.2) is 0 Å². The summed E-state index contributed by atoms with van der Waals surface area (Å²) < 4.78 is 4.96. The summed E-state index contributed by atoms with van der Waals surface area (Å²) in [5, 5.41) is 8.95. The van der Waals surface area contributed by atoms with E-state index in [1.807, 2.05) is 4.90 Å². The van der Waals surface area contributed by atoms with E-state index in [4.69, 9.17) is 9.84 Å². The molecule has 1 atom stereocenters. The normalized spacial score (nSPS) is 21.3. The molecular formula is C11H21NO3. The van der Waals surface area contributed by atoms with Crippen molar-refractivity contribution in [3.8, 4) is 0 Å². The van der Waals surface area contributed by atoms with Crippen molar-refractivity contribution in [2.45, 2.75) is 25.7 Å². The van der Waals surface area contributed by atoms with Gasteiger partial charge >= 0.3 is 0 Å². The first kappa shape index (κ1) is 12.5. The summed E-state index contributed by atoms with van der Waals surface area (Å²) in [6.07, 6.45) is 3.71. The quantitative estimate of drug-likeness (QED) is 0.634. The first-order chi connectivity index (χ1) is 7.27. The third-order valence-corrected chi connectivity index (χ3v) is 2.83. The lowest BCUT2D eigenvalue weighted by Gasteiger charge is -2.15. The molecule has 0 aromatic heterocycles. The highest BCUT2D eigenvalue weighted by Crippen LogP contribution is 2.17. The van der Waals surface area contributed by atoms with Crippen LogP contribution in [0.25, 0.3) is 0 Å². The van der Waals surface area contributed by atoms with Gasteiger partial charge < -0.3 is 14.7 Å². The van der Waals surface area contributed by atoms with E-state index in [0.717, 1.165) is 39.0 Å². The maximum Gasteiger partial charge on any atom is 0.223 e. The number of aliphatic hydroxyl groups excluding tert-OH is 1. The predicted octanol–water partition coefficient (Wildman–Crippen LogP) is 0.644. The highest BCUT2D eigenvalue weighted by Gasteiger charge is 2.28. The molecule has 0 radical (unpaired) electrons. The van der Waals surface area contributed by atoms with Crippen LogP contribution in [-0.4, -0.2) is 49.3 Å². The Hall–Kier alpha value is -0.610. The maximum absolute atomic E-state index is 11.5. The lowest BCUT2D eigenvalue weighted by atomic mass is 10.1. The Morgan fingerprint density at radius 2 is 2.27 bits per heavy atom. The Labute approximate surface area is 91.2 Å². The summed E-state index contributed by atoms with van der Waals surface area (Å²) in [6.45, 7) is 2.50. The van der Waals surface area contributed by atoms with Crippen molar-refractivity contribution < 1.29 is 14.6 Å². The molecule has 1 aliphatic heterocycles. The average Bonchev–Trinajstić information content (AvgIpc) is 2.59. The van der Waals surface area contributed by atoms with Crippen LogP contribution in [0.2, 0.25) is 0 Å². The van der Waals surface area contributed by atoms with E-state index in [2.05, 4.69) is 0 Å². The zero-order valence-corrected chi connectivity index (χ0v) is 9.45. The molecule has 0 spiro atoms. The van der Waals surface area contributed by atoms with Gasteiger partial charge in [0.25, 0.3) is 0 Å². The van der Waals surface area contributed by atoms with Crippen LogP contribution in [0.5, 0.6) is 0 Å². The fourth-order valence-corrected chi connectivity index (χ4v) is 1.92. The monoisotopic (exact) mass is 215 g/mol. The molecule has 0 bridgehead atoms. The van der Waals surface area contributed by atoms with Gasteiger partial charge in [0, 0.05) is 45.8 Å². The number of likely N-dealkylation sites (tertiary alicyclic amines) is 1. The van der Waals surface area contributed by atoms with E-state index in [0.29, 0.717) is 6.42 Å². The first-order valence-electron chi connectivity index (χ1n) is 5.65. The third-order valence-electron chi connectivity index (χ3n) is 2.83. The fourth-order valence-electron chi connectivity index (χ4n) is 1.92. The van der Waals surface area contributed by atoms with Gasteiger partial charge in [0.2, 0.25) is 5.91 Å². The van der Waals surface area contributed by atoms with Gasteiger partial charge in [0.05, 0.1) is 0 Å². The molecule has 1 unspecified atom stereocenters.